The fourth-order valence-electron chi connectivity index (χ4n) is 2.11. The molecule has 0 aliphatic carbocycles. The van der Waals surface area contributed by atoms with Gasteiger partial charge in [0, 0.05) is 17.1 Å². The molecule has 2 aromatic carbocycles. The highest BCUT2D eigenvalue weighted by Crippen LogP contribution is 2.30. The van der Waals surface area contributed by atoms with E-state index in [1.807, 2.05) is 31.2 Å². The minimum Gasteiger partial charge on any atom is -0.479 e. The van der Waals surface area contributed by atoms with Crippen LogP contribution in [0.2, 0.25) is 0 Å². The second-order valence-corrected chi connectivity index (χ2v) is 6.59. The van der Waals surface area contributed by atoms with Crippen LogP contribution >= 0.6 is 11.8 Å². The molecule has 0 bridgehead atoms. The third kappa shape index (κ3) is 6.01. The lowest BCUT2D eigenvalue weighted by molar-refractivity contribution is -0.145. The van der Waals surface area contributed by atoms with Crippen LogP contribution in [0.25, 0.3) is 0 Å². The molecule has 1 unspecified atom stereocenters. The summed E-state index contributed by atoms with van der Waals surface area (Å²) < 4.78 is 42.9. The molecule has 1 atom stereocenters. The molecule has 0 saturated carbocycles. The highest BCUT2D eigenvalue weighted by Gasteiger charge is 2.30. The zero-order valence-electron chi connectivity index (χ0n) is 13.4. The molecule has 0 fully saturated rings. The van der Waals surface area contributed by atoms with Gasteiger partial charge in [-0.2, -0.15) is 13.2 Å². The first kappa shape index (κ1) is 19.2. The van der Waals surface area contributed by atoms with Crippen molar-refractivity contribution in [2.75, 3.05) is 5.75 Å². The van der Waals surface area contributed by atoms with Crippen LogP contribution in [-0.4, -0.2) is 22.9 Å². The molecule has 2 aromatic rings. The second-order valence-electron chi connectivity index (χ2n) is 5.42. The second kappa shape index (κ2) is 8.29. The highest BCUT2D eigenvalue weighted by molar-refractivity contribution is 7.99. The Labute approximate surface area is 147 Å². The molecule has 1 N–H and O–H groups in total. The van der Waals surface area contributed by atoms with Crippen molar-refractivity contribution in [3.63, 3.8) is 0 Å². The molecule has 134 valence electrons. The molecule has 0 aromatic heterocycles. The maximum absolute atomic E-state index is 12.5. The predicted molar refractivity (Wildman–Crippen MR) is 90.0 cm³/mol. The Morgan fingerprint density at radius 2 is 1.88 bits per heavy atom. The van der Waals surface area contributed by atoms with E-state index in [1.165, 1.54) is 11.8 Å². The number of carbonyl (C=O) groups is 1. The predicted octanol–water partition coefficient (Wildman–Crippen LogP) is 5.03. The van der Waals surface area contributed by atoms with Gasteiger partial charge in [0.25, 0.3) is 0 Å². The molecule has 25 heavy (non-hydrogen) atoms. The average Bonchev–Trinajstić information content (AvgIpc) is 2.53. The Hall–Kier alpha value is -2.15. The third-order valence-electron chi connectivity index (χ3n) is 3.37. The van der Waals surface area contributed by atoms with Gasteiger partial charge in [-0.1, -0.05) is 17.7 Å². The quantitative estimate of drug-likeness (QED) is 0.695. The summed E-state index contributed by atoms with van der Waals surface area (Å²) in [5.41, 5.74) is 0.308. The van der Waals surface area contributed by atoms with Gasteiger partial charge in [-0.05, 0) is 43.3 Å². The summed E-state index contributed by atoms with van der Waals surface area (Å²) in [5.74, 6) is -0.535. The number of rotatable bonds is 7. The van der Waals surface area contributed by atoms with Gasteiger partial charge in [0.1, 0.15) is 5.75 Å². The van der Waals surface area contributed by atoms with Crippen molar-refractivity contribution >= 4 is 17.7 Å². The number of benzene rings is 2. The SMILES string of the molecule is Cc1cccc(SCCC(Oc2ccc(C(F)(F)F)cc2)C(=O)O)c1. The van der Waals surface area contributed by atoms with Crippen molar-refractivity contribution in [1.82, 2.24) is 0 Å². The Balaban J connectivity index is 1.93. The maximum Gasteiger partial charge on any atom is 0.416 e. The molecular weight excluding hydrogens is 353 g/mol. The Kier molecular flexibility index (Phi) is 6.36. The lowest BCUT2D eigenvalue weighted by Gasteiger charge is -2.15. The number of aliphatic carboxylic acids is 1. The van der Waals surface area contributed by atoms with Crippen LogP contribution in [0.5, 0.6) is 5.75 Å². The van der Waals surface area contributed by atoms with Crippen LogP contribution in [0.3, 0.4) is 0 Å². The summed E-state index contributed by atoms with van der Waals surface area (Å²) >= 11 is 1.50. The normalized spacial score (nSPS) is 12.6. The maximum atomic E-state index is 12.5. The molecule has 0 aliphatic rings. The first-order valence-electron chi connectivity index (χ1n) is 7.52. The van der Waals surface area contributed by atoms with E-state index >= 15 is 0 Å². The number of hydrogen-bond acceptors (Lipinski definition) is 3. The largest absolute Gasteiger partial charge is 0.479 e. The van der Waals surface area contributed by atoms with Crippen molar-refractivity contribution in [2.24, 2.45) is 0 Å². The minimum absolute atomic E-state index is 0.0981. The van der Waals surface area contributed by atoms with Gasteiger partial charge >= 0.3 is 12.1 Å². The molecule has 0 spiro atoms. The number of carboxylic acids is 1. The van der Waals surface area contributed by atoms with Crippen molar-refractivity contribution in [3.8, 4) is 5.75 Å². The van der Waals surface area contributed by atoms with Crippen LogP contribution in [0.1, 0.15) is 17.5 Å². The van der Waals surface area contributed by atoms with Gasteiger partial charge in [-0.15, -0.1) is 11.8 Å². The topological polar surface area (TPSA) is 46.5 Å². The molecule has 0 aliphatic heterocycles. The van der Waals surface area contributed by atoms with E-state index in [4.69, 9.17) is 4.74 Å². The van der Waals surface area contributed by atoms with Gasteiger partial charge < -0.3 is 9.84 Å². The van der Waals surface area contributed by atoms with Crippen LogP contribution in [0.4, 0.5) is 13.2 Å². The van der Waals surface area contributed by atoms with E-state index in [-0.39, 0.29) is 12.2 Å². The summed E-state index contributed by atoms with van der Waals surface area (Å²) in [6, 6.07) is 11.8. The van der Waals surface area contributed by atoms with E-state index in [2.05, 4.69) is 0 Å². The third-order valence-corrected chi connectivity index (χ3v) is 4.40. The molecule has 2 rings (SSSR count). The summed E-state index contributed by atoms with van der Waals surface area (Å²) in [7, 11) is 0. The zero-order chi connectivity index (χ0) is 18.4. The molecule has 0 radical (unpaired) electrons. The fraction of sp³-hybridized carbons (Fsp3) is 0.278. The number of thioether (sulfide) groups is 1. The van der Waals surface area contributed by atoms with E-state index in [0.29, 0.717) is 5.75 Å². The summed E-state index contributed by atoms with van der Waals surface area (Å²) in [4.78, 5) is 12.3. The highest BCUT2D eigenvalue weighted by atomic mass is 32.2. The van der Waals surface area contributed by atoms with Gasteiger partial charge in [-0.25, -0.2) is 4.79 Å². The number of halogens is 3. The fourth-order valence-corrected chi connectivity index (χ4v) is 3.12. The first-order chi connectivity index (χ1) is 11.8. The number of alkyl halides is 3. The number of aryl methyl sites for hydroxylation is 1. The average molecular weight is 370 g/mol. The van der Waals surface area contributed by atoms with Crippen LogP contribution in [-0.2, 0) is 11.0 Å². The standard InChI is InChI=1S/C18H17F3O3S/c1-12-3-2-4-15(11-12)25-10-9-16(17(22)23)24-14-7-5-13(6-8-14)18(19,20)21/h2-8,11,16H,9-10H2,1H3,(H,22,23). The lowest BCUT2D eigenvalue weighted by atomic mass is 10.2. The molecule has 0 heterocycles. The minimum atomic E-state index is -4.44. The van der Waals surface area contributed by atoms with Crippen LogP contribution < -0.4 is 4.74 Å². The smallest absolute Gasteiger partial charge is 0.416 e. The molecular formula is C18H17F3O3S. The van der Waals surface area contributed by atoms with Crippen molar-refractivity contribution in [3.05, 3.63) is 59.7 Å². The summed E-state index contributed by atoms with van der Waals surface area (Å²) in [5, 5.41) is 9.25. The van der Waals surface area contributed by atoms with Crippen molar-refractivity contribution in [1.29, 1.82) is 0 Å². The molecule has 0 saturated heterocycles. The Bertz CT molecular complexity index is 714. The van der Waals surface area contributed by atoms with E-state index < -0.39 is 23.8 Å². The molecule has 3 nitrogen and oxygen atoms in total. The zero-order valence-corrected chi connectivity index (χ0v) is 14.2. The number of ether oxygens (including phenoxy) is 1. The molecule has 7 heteroatoms. The Morgan fingerprint density at radius 3 is 2.44 bits per heavy atom. The Morgan fingerprint density at radius 1 is 1.20 bits per heavy atom. The van der Waals surface area contributed by atoms with E-state index in [0.717, 1.165) is 34.7 Å². The van der Waals surface area contributed by atoms with Crippen LogP contribution in [0, 0.1) is 6.92 Å². The first-order valence-corrected chi connectivity index (χ1v) is 8.50. The van der Waals surface area contributed by atoms with Crippen molar-refractivity contribution < 1.29 is 27.8 Å². The lowest BCUT2D eigenvalue weighted by Crippen LogP contribution is -2.27. The van der Waals surface area contributed by atoms with E-state index in [9.17, 15) is 23.1 Å². The summed E-state index contributed by atoms with van der Waals surface area (Å²) in [6.45, 7) is 1.97. The van der Waals surface area contributed by atoms with Gasteiger partial charge in [-0.3, -0.25) is 0 Å². The molecule has 0 amide bonds. The number of carboxylic acid groups (broad SMARTS) is 1. The van der Waals surface area contributed by atoms with Gasteiger partial charge in [0.2, 0.25) is 0 Å². The van der Waals surface area contributed by atoms with Gasteiger partial charge in [0.05, 0.1) is 5.56 Å². The number of hydrogen-bond donors (Lipinski definition) is 1. The van der Waals surface area contributed by atoms with Gasteiger partial charge in [0.15, 0.2) is 6.10 Å². The summed E-state index contributed by atoms with van der Waals surface area (Å²) in [6.07, 6.45) is -5.32. The monoisotopic (exact) mass is 370 g/mol. The van der Waals surface area contributed by atoms with Crippen molar-refractivity contribution in [2.45, 2.75) is 30.5 Å². The van der Waals surface area contributed by atoms with E-state index in [1.54, 1.807) is 0 Å². The van der Waals surface area contributed by atoms with Crippen LogP contribution in [0.15, 0.2) is 53.4 Å².